The second-order valence-corrected chi connectivity index (χ2v) is 6.39. The lowest BCUT2D eigenvalue weighted by atomic mass is 10.2. The summed E-state index contributed by atoms with van der Waals surface area (Å²) < 4.78 is 28.6. The van der Waals surface area contributed by atoms with Crippen molar-refractivity contribution in [1.82, 2.24) is 24.7 Å². The molecule has 0 fully saturated rings. The average Bonchev–Trinajstić information content (AvgIpc) is 3.09. The number of anilines is 1. The van der Waals surface area contributed by atoms with Gasteiger partial charge in [-0.1, -0.05) is 19.1 Å². The van der Waals surface area contributed by atoms with Crippen molar-refractivity contribution in [3.63, 3.8) is 0 Å². The van der Waals surface area contributed by atoms with Gasteiger partial charge in [-0.05, 0) is 24.1 Å². The Balaban J connectivity index is 1.87. The third-order valence-electron chi connectivity index (χ3n) is 3.19. The summed E-state index contributed by atoms with van der Waals surface area (Å²) in [6, 6.07) is 8.19. The highest BCUT2D eigenvalue weighted by molar-refractivity contribution is 7.92. The molecule has 9 heteroatoms. The van der Waals surface area contributed by atoms with Crippen LogP contribution in [0.25, 0.3) is 5.82 Å². The number of nitrogens with one attached hydrogen (secondary N) is 1. The van der Waals surface area contributed by atoms with E-state index in [1.54, 1.807) is 24.3 Å². The summed E-state index contributed by atoms with van der Waals surface area (Å²) >= 11 is 0. The normalized spacial score (nSPS) is 11.3. The minimum Gasteiger partial charge on any atom is -0.263 e. The van der Waals surface area contributed by atoms with Crippen molar-refractivity contribution in [3.8, 4) is 5.82 Å². The zero-order chi connectivity index (χ0) is 16.3. The number of aromatic nitrogens is 5. The molecular formula is C14H14N6O2S. The van der Waals surface area contributed by atoms with E-state index in [2.05, 4.69) is 24.8 Å². The second kappa shape index (κ2) is 6.13. The molecule has 23 heavy (non-hydrogen) atoms. The molecule has 0 aliphatic rings. The Morgan fingerprint density at radius 1 is 1.13 bits per heavy atom. The van der Waals surface area contributed by atoms with Crippen LogP contribution in [-0.4, -0.2) is 33.2 Å². The van der Waals surface area contributed by atoms with E-state index < -0.39 is 10.0 Å². The molecule has 0 saturated carbocycles. The van der Waals surface area contributed by atoms with Crippen LogP contribution in [0.5, 0.6) is 0 Å². The fourth-order valence-corrected chi connectivity index (χ4v) is 2.95. The maximum atomic E-state index is 12.4. The Hall–Kier alpha value is -2.81. The first kappa shape index (κ1) is 15.1. The Morgan fingerprint density at radius 2 is 1.91 bits per heavy atom. The maximum absolute atomic E-state index is 12.4. The number of rotatable bonds is 5. The number of hydrogen-bond donors (Lipinski definition) is 1. The van der Waals surface area contributed by atoms with Crippen LogP contribution in [0.2, 0.25) is 0 Å². The molecule has 0 amide bonds. The third-order valence-corrected chi connectivity index (χ3v) is 4.56. The van der Waals surface area contributed by atoms with Crippen LogP contribution in [0.3, 0.4) is 0 Å². The number of aryl methyl sites for hydroxylation is 1. The topological polar surface area (TPSA) is 103 Å². The molecule has 1 aromatic carbocycles. The SMILES string of the molecule is CCc1ccc(S(=O)(=O)Nc2cc(-n3cncn3)ncn2)cc1. The molecule has 0 aliphatic heterocycles. The van der Waals surface area contributed by atoms with Crippen LogP contribution in [0.15, 0.2) is 54.2 Å². The summed E-state index contributed by atoms with van der Waals surface area (Å²) in [6.45, 7) is 2.01. The van der Waals surface area contributed by atoms with Crippen LogP contribution in [0.1, 0.15) is 12.5 Å². The van der Waals surface area contributed by atoms with Gasteiger partial charge in [0.1, 0.15) is 24.8 Å². The lowest BCUT2D eigenvalue weighted by Gasteiger charge is -2.08. The van der Waals surface area contributed by atoms with Gasteiger partial charge in [-0.3, -0.25) is 4.72 Å². The Kier molecular flexibility index (Phi) is 4.02. The third kappa shape index (κ3) is 3.34. The van der Waals surface area contributed by atoms with Gasteiger partial charge in [-0.15, -0.1) is 0 Å². The van der Waals surface area contributed by atoms with Gasteiger partial charge in [-0.25, -0.2) is 28.1 Å². The molecule has 1 N–H and O–H groups in total. The molecule has 8 nitrogen and oxygen atoms in total. The van der Waals surface area contributed by atoms with Gasteiger partial charge in [0.2, 0.25) is 0 Å². The molecule has 118 valence electrons. The number of hydrogen-bond acceptors (Lipinski definition) is 6. The largest absolute Gasteiger partial charge is 0.263 e. The molecule has 0 saturated heterocycles. The fraction of sp³-hybridized carbons (Fsp3) is 0.143. The molecule has 0 aliphatic carbocycles. The predicted molar refractivity (Wildman–Crippen MR) is 83.6 cm³/mol. The molecule has 2 heterocycles. The van der Waals surface area contributed by atoms with E-state index in [-0.39, 0.29) is 10.7 Å². The van der Waals surface area contributed by atoms with Crippen molar-refractivity contribution in [2.45, 2.75) is 18.2 Å². The summed E-state index contributed by atoms with van der Waals surface area (Å²) in [5, 5.41) is 3.94. The molecule has 0 spiro atoms. The number of sulfonamides is 1. The summed E-state index contributed by atoms with van der Waals surface area (Å²) in [4.78, 5) is 11.9. The van der Waals surface area contributed by atoms with E-state index in [1.165, 1.54) is 29.7 Å². The van der Waals surface area contributed by atoms with E-state index in [9.17, 15) is 8.42 Å². The molecule has 0 radical (unpaired) electrons. The van der Waals surface area contributed by atoms with Crippen LogP contribution < -0.4 is 4.72 Å². The van der Waals surface area contributed by atoms with Gasteiger partial charge in [-0.2, -0.15) is 5.10 Å². The van der Waals surface area contributed by atoms with E-state index in [0.29, 0.717) is 5.82 Å². The first-order chi connectivity index (χ1) is 11.1. The van der Waals surface area contributed by atoms with Crippen molar-refractivity contribution in [2.75, 3.05) is 4.72 Å². The zero-order valence-corrected chi connectivity index (χ0v) is 13.1. The van der Waals surface area contributed by atoms with Gasteiger partial charge in [0.05, 0.1) is 4.90 Å². The Bertz CT molecular complexity index is 891. The predicted octanol–water partition coefficient (Wildman–Crippen LogP) is 1.42. The molecule has 2 aromatic heterocycles. The molecule has 0 atom stereocenters. The molecule has 3 aromatic rings. The molecule has 0 unspecified atom stereocenters. The lowest BCUT2D eigenvalue weighted by molar-refractivity contribution is 0.601. The van der Waals surface area contributed by atoms with Crippen LogP contribution in [0, 0.1) is 0 Å². The highest BCUT2D eigenvalue weighted by Crippen LogP contribution is 2.16. The standard InChI is InChI=1S/C14H14N6O2S/c1-2-11-3-5-12(6-4-11)23(21,22)19-13-7-14(17-9-16-13)20-10-15-8-18-20/h3-10H,2H2,1H3,(H,16,17,19). The monoisotopic (exact) mass is 330 g/mol. The van der Waals surface area contributed by atoms with Gasteiger partial charge < -0.3 is 0 Å². The van der Waals surface area contributed by atoms with Crippen molar-refractivity contribution in [1.29, 1.82) is 0 Å². The summed E-state index contributed by atoms with van der Waals surface area (Å²) in [5.74, 6) is 0.571. The average molecular weight is 330 g/mol. The fourth-order valence-electron chi connectivity index (χ4n) is 1.96. The van der Waals surface area contributed by atoms with Crippen molar-refractivity contribution < 1.29 is 8.42 Å². The van der Waals surface area contributed by atoms with Crippen LogP contribution >= 0.6 is 0 Å². The highest BCUT2D eigenvalue weighted by atomic mass is 32.2. The number of nitrogens with zero attached hydrogens (tertiary/aromatic N) is 5. The lowest BCUT2D eigenvalue weighted by Crippen LogP contribution is -2.14. The van der Waals surface area contributed by atoms with E-state index in [0.717, 1.165) is 12.0 Å². The Labute approximate surface area is 133 Å². The Morgan fingerprint density at radius 3 is 2.57 bits per heavy atom. The minimum absolute atomic E-state index is 0.157. The first-order valence-corrected chi connectivity index (χ1v) is 8.35. The minimum atomic E-state index is -3.71. The van der Waals surface area contributed by atoms with E-state index in [1.807, 2.05) is 6.92 Å². The van der Waals surface area contributed by atoms with Gasteiger partial charge in [0.15, 0.2) is 5.82 Å². The van der Waals surface area contributed by atoms with Crippen LogP contribution in [0.4, 0.5) is 5.82 Å². The highest BCUT2D eigenvalue weighted by Gasteiger charge is 2.15. The molecule has 3 rings (SSSR count). The van der Waals surface area contributed by atoms with E-state index in [4.69, 9.17) is 0 Å². The van der Waals surface area contributed by atoms with Gasteiger partial charge in [0.25, 0.3) is 10.0 Å². The molecular weight excluding hydrogens is 316 g/mol. The first-order valence-electron chi connectivity index (χ1n) is 6.87. The quantitative estimate of drug-likeness (QED) is 0.759. The maximum Gasteiger partial charge on any atom is 0.263 e. The smallest absolute Gasteiger partial charge is 0.263 e. The second-order valence-electron chi connectivity index (χ2n) is 4.70. The van der Waals surface area contributed by atoms with E-state index >= 15 is 0 Å². The van der Waals surface area contributed by atoms with Crippen molar-refractivity contribution >= 4 is 15.8 Å². The summed E-state index contributed by atoms with van der Waals surface area (Å²) in [6.07, 6.45) is 4.93. The van der Waals surface area contributed by atoms with Crippen molar-refractivity contribution in [2.24, 2.45) is 0 Å². The molecule has 0 bridgehead atoms. The number of benzene rings is 1. The summed E-state index contributed by atoms with van der Waals surface area (Å²) in [5.41, 5.74) is 1.07. The van der Waals surface area contributed by atoms with Crippen molar-refractivity contribution in [3.05, 3.63) is 54.9 Å². The van der Waals surface area contributed by atoms with Crippen LogP contribution in [-0.2, 0) is 16.4 Å². The van der Waals surface area contributed by atoms with Gasteiger partial charge in [0, 0.05) is 6.07 Å². The van der Waals surface area contributed by atoms with Gasteiger partial charge >= 0.3 is 0 Å². The summed E-state index contributed by atoms with van der Waals surface area (Å²) in [7, 11) is -3.71. The zero-order valence-electron chi connectivity index (χ0n) is 12.3.